The van der Waals surface area contributed by atoms with Gasteiger partial charge in [0.25, 0.3) is 0 Å². The molecule has 0 radical (unpaired) electrons. The lowest BCUT2D eigenvalue weighted by Gasteiger charge is -2.17. The van der Waals surface area contributed by atoms with E-state index in [4.69, 9.17) is 27.9 Å². The molecule has 1 atom stereocenters. The second-order valence-corrected chi connectivity index (χ2v) is 6.51. The molecule has 1 fully saturated rings. The molecule has 0 amide bonds. The molecule has 0 bridgehead atoms. The first-order chi connectivity index (χ1) is 7.08. The van der Waals surface area contributed by atoms with Gasteiger partial charge in [0.2, 0.25) is 0 Å². The predicted molar refractivity (Wildman–Crippen MR) is 65.4 cm³/mol. The quantitative estimate of drug-likeness (QED) is 0.434. The van der Waals surface area contributed by atoms with Crippen LogP contribution in [0.1, 0.15) is 40.5 Å². The SMILES string of the molecule is CC(=O)OC(C)(C)C#CC[C@@]1(C)CC1(Cl)Cl. The van der Waals surface area contributed by atoms with Crippen LogP contribution in [0.4, 0.5) is 0 Å². The van der Waals surface area contributed by atoms with E-state index in [2.05, 4.69) is 11.8 Å². The van der Waals surface area contributed by atoms with Crippen molar-refractivity contribution in [1.82, 2.24) is 0 Å². The average molecular weight is 263 g/mol. The Labute approximate surface area is 107 Å². The average Bonchev–Trinajstić information content (AvgIpc) is 2.46. The van der Waals surface area contributed by atoms with Crippen molar-refractivity contribution in [3.8, 4) is 11.8 Å². The van der Waals surface area contributed by atoms with Crippen molar-refractivity contribution in [3.05, 3.63) is 0 Å². The Morgan fingerprint density at radius 1 is 1.50 bits per heavy atom. The number of ether oxygens (including phenoxy) is 1. The molecule has 0 N–H and O–H groups in total. The molecule has 0 aromatic carbocycles. The zero-order valence-corrected chi connectivity index (χ0v) is 11.5. The summed E-state index contributed by atoms with van der Waals surface area (Å²) in [5.74, 6) is 5.57. The lowest BCUT2D eigenvalue weighted by molar-refractivity contribution is -0.148. The van der Waals surface area contributed by atoms with Crippen molar-refractivity contribution >= 4 is 29.2 Å². The van der Waals surface area contributed by atoms with Gasteiger partial charge in [0, 0.05) is 18.8 Å². The highest BCUT2D eigenvalue weighted by atomic mass is 35.5. The highest BCUT2D eigenvalue weighted by Crippen LogP contribution is 2.65. The minimum Gasteiger partial charge on any atom is -0.447 e. The van der Waals surface area contributed by atoms with Crippen LogP contribution in [0.3, 0.4) is 0 Å². The Bertz CT molecular complexity index is 363. The van der Waals surface area contributed by atoms with Gasteiger partial charge in [-0.2, -0.15) is 0 Å². The number of hydrogen-bond acceptors (Lipinski definition) is 2. The fraction of sp³-hybridized carbons (Fsp3) is 0.750. The summed E-state index contributed by atoms with van der Waals surface area (Å²) in [6.07, 6.45) is 1.37. The summed E-state index contributed by atoms with van der Waals surface area (Å²) >= 11 is 12.0. The minimum absolute atomic E-state index is 0.130. The summed E-state index contributed by atoms with van der Waals surface area (Å²) in [5, 5.41) is 0. The molecule has 0 aromatic rings. The Balaban J connectivity index is 2.53. The first kappa shape index (κ1) is 13.7. The van der Waals surface area contributed by atoms with Gasteiger partial charge in [-0.15, -0.1) is 23.2 Å². The highest BCUT2D eigenvalue weighted by molar-refractivity contribution is 6.51. The molecule has 1 aliphatic rings. The highest BCUT2D eigenvalue weighted by Gasteiger charge is 2.62. The van der Waals surface area contributed by atoms with Crippen LogP contribution in [0.25, 0.3) is 0 Å². The fourth-order valence-electron chi connectivity index (χ4n) is 1.47. The van der Waals surface area contributed by atoms with E-state index in [0.717, 1.165) is 6.42 Å². The number of alkyl halides is 2. The van der Waals surface area contributed by atoms with Gasteiger partial charge in [0.15, 0.2) is 5.60 Å². The van der Waals surface area contributed by atoms with Crippen LogP contribution >= 0.6 is 23.2 Å². The third kappa shape index (κ3) is 3.30. The van der Waals surface area contributed by atoms with Crippen LogP contribution in [0.15, 0.2) is 0 Å². The van der Waals surface area contributed by atoms with Crippen LogP contribution in [0, 0.1) is 17.3 Å². The van der Waals surface area contributed by atoms with Crippen molar-refractivity contribution in [2.45, 2.75) is 50.5 Å². The molecule has 16 heavy (non-hydrogen) atoms. The largest absolute Gasteiger partial charge is 0.447 e. The molecular weight excluding hydrogens is 247 g/mol. The first-order valence-electron chi connectivity index (χ1n) is 5.15. The maximum atomic E-state index is 10.8. The van der Waals surface area contributed by atoms with Crippen molar-refractivity contribution in [1.29, 1.82) is 0 Å². The van der Waals surface area contributed by atoms with E-state index in [1.807, 2.05) is 6.92 Å². The topological polar surface area (TPSA) is 26.3 Å². The molecule has 0 spiro atoms. The van der Waals surface area contributed by atoms with Crippen LogP contribution in [0.5, 0.6) is 0 Å². The normalized spacial score (nSPS) is 26.6. The Kier molecular flexibility index (Phi) is 3.53. The number of esters is 1. The molecule has 0 unspecified atom stereocenters. The van der Waals surface area contributed by atoms with Crippen LogP contribution in [-0.2, 0) is 9.53 Å². The van der Waals surface area contributed by atoms with E-state index in [1.165, 1.54) is 6.92 Å². The van der Waals surface area contributed by atoms with Gasteiger partial charge in [-0.25, -0.2) is 0 Å². The van der Waals surface area contributed by atoms with Gasteiger partial charge < -0.3 is 4.74 Å². The third-order valence-corrected chi connectivity index (χ3v) is 3.82. The number of carbonyl (C=O) groups is 1. The molecule has 1 aliphatic carbocycles. The summed E-state index contributed by atoms with van der Waals surface area (Å²) < 4.78 is 4.40. The van der Waals surface area contributed by atoms with Crippen LogP contribution < -0.4 is 0 Å². The van der Waals surface area contributed by atoms with E-state index in [-0.39, 0.29) is 11.4 Å². The summed E-state index contributed by atoms with van der Waals surface area (Å²) in [6, 6.07) is 0. The summed E-state index contributed by atoms with van der Waals surface area (Å²) in [4.78, 5) is 10.8. The van der Waals surface area contributed by atoms with E-state index in [1.54, 1.807) is 13.8 Å². The van der Waals surface area contributed by atoms with Gasteiger partial charge in [-0.05, 0) is 20.3 Å². The molecule has 0 aliphatic heterocycles. The Morgan fingerprint density at radius 2 is 2.00 bits per heavy atom. The molecule has 1 rings (SSSR count). The summed E-state index contributed by atoms with van der Waals surface area (Å²) in [6.45, 7) is 6.88. The standard InChI is InChI=1S/C12H16Cl2O2/c1-9(15)16-10(2,3)6-5-7-11(4)8-12(11,13)14/h7-8H2,1-4H3/t11-/m0/s1. The van der Waals surface area contributed by atoms with Gasteiger partial charge in [-0.3, -0.25) is 4.79 Å². The van der Waals surface area contributed by atoms with Crippen molar-refractivity contribution in [3.63, 3.8) is 0 Å². The van der Waals surface area contributed by atoms with Gasteiger partial charge in [0.05, 0.1) is 0 Å². The zero-order valence-electron chi connectivity index (χ0n) is 9.99. The lowest BCUT2D eigenvalue weighted by atomic mass is 10.0. The van der Waals surface area contributed by atoms with Crippen LogP contribution in [0.2, 0.25) is 0 Å². The summed E-state index contributed by atoms with van der Waals surface area (Å²) in [7, 11) is 0. The number of carbonyl (C=O) groups excluding carboxylic acids is 1. The Hall–Kier alpha value is -0.390. The zero-order chi connectivity index (χ0) is 12.6. The number of hydrogen-bond donors (Lipinski definition) is 0. The van der Waals surface area contributed by atoms with E-state index < -0.39 is 9.93 Å². The molecule has 4 heteroatoms. The van der Waals surface area contributed by atoms with Crippen molar-refractivity contribution in [2.24, 2.45) is 5.41 Å². The fourth-order valence-corrected chi connectivity index (χ4v) is 2.20. The predicted octanol–water partition coefficient (Wildman–Crippen LogP) is 3.31. The molecule has 90 valence electrons. The molecule has 0 saturated heterocycles. The van der Waals surface area contributed by atoms with E-state index in [9.17, 15) is 4.79 Å². The van der Waals surface area contributed by atoms with Gasteiger partial charge in [0.1, 0.15) is 4.33 Å². The smallest absolute Gasteiger partial charge is 0.304 e. The molecule has 2 nitrogen and oxygen atoms in total. The van der Waals surface area contributed by atoms with Gasteiger partial charge >= 0.3 is 5.97 Å². The second kappa shape index (κ2) is 4.13. The van der Waals surface area contributed by atoms with Crippen molar-refractivity contribution in [2.75, 3.05) is 0 Å². The maximum Gasteiger partial charge on any atom is 0.304 e. The number of halogens is 2. The first-order valence-corrected chi connectivity index (χ1v) is 5.91. The molecular formula is C12H16Cl2O2. The number of rotatable bonds is 2. The van der Waals surface area contributed by atoms with Crippen molar-refractivity contribution < 1.29 is 9.53 Å². The minimum atomic E-state index is -0.752. The third-order valence-electron chi connectivity index (χ3n) is 2.64. The Morgan fingerprint density at radius 3 is 2.38 bits per heavy atom. The lowest BCUT2D eigenvalue weighted by Crippen LogP contribution is -2.24. The monoisotopic (exact) mass is 262 g/mol. The van der Waals surface area contributed by atoms with Gasteiger partial charge in [-0.1, -0.05) is 18.8 Å². The molecule has 1 saturated carbocycles. The van der Waals surface area contributed by atoms with E-state index >= 15 is 0 Å². The van der Waals surface area contributed by atoms with Crippen LogP contribution in [-0.4, -0.2) is 15.9 Å². The van der Waals surface area contributed by atoms with E-state index in [0.29, 0.717) is 6.42 Å². The molecule has 0 heterocycles. The summed E-state index contributed by atoms with van der Waals surface area (Å²) in [5.41, 5.74) is -0.881. The maximum absolute atomic E-state index is 10.8. The second-order valence-electron chi connectivity index (χ2n) is 5.02. The molecule has 0 aromatic heterocycles.